The van der Waals surface area contributed by atoms with Crippen molar-refractivity contribution in [3.05, 3.63) is 57.8 Å². The van der Waals surface area contributed by atoms with Crippen LogP contribution in [0.25, 0.3) is 0 Å². The van der Waals surface area contributed by atoms with E-state index in [0.29, 0.717) is 11.1 Å². The summed E-state index contributed by atoms with van der Waals surface area (Å²) in [5, 5.41) is 0.205. The Morgan fingerprint density at radius 3 is 2.59 bits per heavy atom. The van der Waals surface area contributed by atoms with Crippen molar-refractivity contribution >= 4 is 11.6 Å². The van der Waals surface area contributed by atoms with Gasteiger partial charge in [-0.15, -0.1) is 0 Å². The highest BCUT2D eigenvalue weighted by Gasteiger charge is 2.20. The van der Waals surface area contributed by atoms with Gasteiger partial charge in [0.25, 0.3) is 0 Å². The van der Waals surface area contributed by atoms with E-state index in [2.05, 4.69) is 0 Å². The molecule has 0 spiro atoms. The largest absolute Gasteiger partial charge is 0.453 e. The normalized spacial score (nSPS) is 12.8. The Morgan fingerprint density at radius 1 is 1.35 bits per heavy atom. The topological polar surface area (TPSA) is 39.2 Å². The van der Waals surface area contributed by atoms with Crippen molar-refractivity contribution in [2.45, 2.75) is 19.9 Å². The maximum atomic E-state index is 13.9. The Balaban J connectivity index is 2.51. The van der Waals surface area contributed by atoms with Crippen LogP contribution in [0.3, 0.4) is 0 Å². The SMILES string of the molecule is Cc1cc(C)c(C(N)c2ccoc2Cl)c(F)c1. The first kappa shape index (κ1) is 12.1. The second kappa shape index (κ2) is 4.51. The van der Waals surface area contributed by atoms with Crippen molar-refractivity contribution in [2.24, 2.45) is 5.73 Å². The smallest absolute Gasteiger partial charge is 0.198 e. The standard InChI is InChI=1S/C13H13ClFNO/c1-7-5-8(2)11(10(15)6-7)12(16)9-3-4-17-13(9)14/h3-6,12H,16H2,1-2H3. The number of furan rings is 1. The first-order valence-corrected chi connectivity index (χ1v) is 5.63. The molecule has 0 saturated heterocycles. The molecule has 90 valence electrons. The summed E-state index contributed by atoms with van der Waals surface area (Å²) in [4.78, 5) is 0. The molecule has 2 aromatic rings. The Labute approximate surface area is 104 Å². The van der Waals surface area contributed by atoms with E-state index in [1.54, 1.807) is 6.07 Å². The predicted molar refractivity (Wildman–Crippen MR) is 65.6 cm³/mol. The van der Waals surface area contributed by atoms with Crippen LogP contribution in [0.1, 0.15) is 28.3 Å². The molecule has 1 aromatic heterocycles. The van der Waals surface area contributed by atoms with Crippen molar-refractivity contribution in [3.63, 3.8) is 0 Å². The van der Waals surface area contributed by atoms with Crippen molar-refractivity contribution in [2.75, 3.05) is 0 Å². The number of hydrogen-bond acceptors (Lipinski definition) is 2. The Morgan fingerprint density at radius 2 is 2.06 bits per heavy atom. The Hall–Kier alpha value is -1.32. The van der Waals surface area contributed by atoms with E-state index in [1.807, 2.05) is 19.9 Å². The summed E-state index contributed by atoms with van der Waals surface area (Å²) in [6.07, 6.45) is 1.44. The fourth-order valence-electron chi connectivity index (χ4n) is 2.00. The highest BCUT2D eigenvalue weighted by Crippen LogP contribution is 2.31. The summed E-state index contributed by atoms with van der Waals surface area (Å²) >= 11 is 5.85. The van der Waals surface area contributed by atoms with Crippen LogP contribution in [-0.4, -0.2) is 0 Å². The van der Waals surface area contributed by atoms with Gasteiger partial charge >= 0.3 is 0 Å². The van der Waals surface area contributed by atoms with Crippen LogP contribution in [-0.2, 0) is 0 Å². The quantitative estimate of drug-likeness (QED) is 0.886. The van der Waals surface area contributed by atoms with Crippen LogP contribution in [0, 0.1) is 19.7 Å². The molecule has 2 nitrogen and oxygen atoms in total. The summed E-state index contributed by atoms with van der Waals surface area (Å²) in [6.45, 7) is 3.68. The number of rotatable bonds is 2. The van der Waals surface area contributed by atoms with Gasteiger partial charge in [-0.25, -0.2) is 4.39 Å². The van der Waals surface area contributed by atoms with Gasteiger partial charge in [0.05, 0.1) is 12.3 Å². The van der Waals surface area contributed by atoms with Crippen molar-refractivity contribution in [1.82, 2.24) is 0 Å². The Bertz CT molecular complexity index is 527. The first-order chi connectivity index (χ1) is 8.00. The van der Waals surface area contributed by atoms with Gasteiger partial charge in [-0.2, -0.15) is 0 Å². The molecule has 17 heavy (non-hydrogen) atoms. The van der Waals surface area contributed by atoms with Gasteiger partial charge in [-0.05, 0) is 48.7 Å². The minimum Gasteiger partial charge on any atom is -0.453 e. The summed E-state index contributed by atoms with van der Waals surface area (Å²) in [5.41, 5.74) is 8.76. The van der Waals surface area contributed by atoms with Gasteiger partial charge in [0.15, 0.2) is 5.22 Å². The minimum absolute atomic E-state index is 0.205. The lowest BCUT2D eigenvalue weighted by Crippen LogP contribution is -2.15. The minimum atomic E-state index is -0.609. The molecule has 2 rings (SSSR count). The van der Waals surface area contributed by atoms with Crippen LogP contribution in [0.2, 0.25) is 5.22 Å². The number of nitrogens with two attached hydrogens (primary N) is 1. The fraction of sp³-hybridized carbons (Fsp3) is 0.231. The number of aryl methyl sites for hydroxylation is 2. The molecule has 1 unspecified atom stereocenters. The summed E-state index contributed by atoms with van der Waals surface area (Å²) in [7, 11) is 0. The molecule has 0 saturated carbocycles. The van der Waals surface area contributed by atoms with E-state index in [1.165, 1.54) is 12.3 Å². The zero-order valence-corrected chi connectivity index (χ0v) is 10.4. The molecule has 0 fully saturated rings. The molecule has 0 radical (unpaired) electrons. The third kappa shape index (κ3) is 2.21. The molecule has 4 heteroatoms. The number of halogens is 2. The second-order valence-electron chi connectivity index (χ2n) is 4.10. The summed E-state index contributed by atoms with van der Waals surface area (Å²) < 4.78 is 18.9. The molecule has 1 atom stereocenters. The highest BCUT2D eigenvalue weighted by molar-refractivity contribution is 6.29. The molecule has 1 heterocycles. The molecule has 0 aliphatic rings. The third-order valence-corrected chi connectivity index (χ3v) is 3.08. The van der Waals surface area contributed by atoms with Gasteiger partial charge in [0, 0.05) is 11.1 Å². The van der Waals surface area contributed by atoms with Crippen LogP contribution < -0.4 is 5.73 Å². The molecule has 0 bridgehead atoms. The predicted octanol–water partition coefficient (Wildman–Crippen LogP) is 3.74. The van der Waals surface area contributed by atoms with Crippen molar-refractivity contribution in [1.29, 1.82) is 0 Å². The van der Waals surface area contributed by atoms with Crippen LogP contribution in [0.15, 0.2) is 28.9 Å². The van der Waals surface area contributed by atoms with Gasteiger partial charge in [0.2, 0.25) is 0 Å². The van der Waals surface area contributed by atoms with E-state index in [0.717, 1.165) is 11.1 Å². The zero-order chi connectivity index (χ0) is 12.6. The maximum absolute atomic E-state index is 13.9. The molecule has 0 aliphatic carbocycles. The van der Waals surface area contributed by atoms with E-state index in [4.69, 9.17) is 21.8 Å². The monoisotopic (exact) mass is 253 g/mol. The molecular weight excluding hydrogens is 241 g/mol. The van der Waals surface area contributed by atoms with E-state index < -0.39 is 6.04 Å². The van der Waals surface area contributed by atoms with E-state index in [9.17, 15) is 4.39 Å². The van der Waals surface area contributed by atoms with Gasteiger partial charge in [0.1, 0.15) is 5.82 Å². The van der Waals surface area contributed by atoms with E-state index in [-0.39, 0.29) is 11.0 Å². The van der Waals surface area contributed by atoms with Gasteiger partial charge in [-0.1, -0.05) is 6.07 Å². The van der Waals surface area contributed by atoms with Crippen LogP contribution in [0.5, 0.6) is 0 Å². The van der Waals surface area contributed by atoms with E-state index >= 15 is 0 Å². The second-order valence-corrected chi connectivity index (χ2v) is 4.45. The lowest BCUT2D eigenvalue weighted by atomic mass is 9.95. The number of hydrogen-bond donors (Lipinski definition) is 1. The summed E-state index contributed by atoms with van der Waals surface area (Å²) in [5.74, 6) is -0.313. The average molecular weight is 254 g/mol. The fourth-order valence-corrected chi connectivity index (χ4v) is 2.23. The van der Waals surface area contributed by atoms with Crippen molar-refractivity contribution < 1.29 is 8.81 Å². The van der Waals surface area contributed by atoms with Crippen LogP contribution in [0.4, 0.5) is 4.39 Å². The molecule has 0 amide bonds. The highest BCUT2D eigenvalue weighted by atomic mass is 35.5. The average Bonchev–Trinajstić information content (AvgIpc) is 2.62. The molecular formula is C13H13ClFNO. The molecule has 1 aromatic carbocycles. The van der Waals surface area contributed by atoms with Gasteiger partial charge < -0.3 is 10.2 Å². The van der Waals surface area contributed by atoms with Gasteiger partial charge in [-0.3, -0.25) is 0 Å². The third-order valence-electron chi connectivity index (χ3n) is 2.77. The van der Waals surface area contributed by atoms with Crippen molar-refractivity contribution in [3.8, 4) is 0 Å². The zero-order valence-electron chi connectivity index (χ0n) is 9.63. The maximum Gasteiger partial charge on any atom is 0.198 e. The van der Waals surface area contributed by atoms with Crippen LogP contribution >= 0.6 is 11.6 Å². The Kier molecular flexibility index (Phi) is 3.22. The lowest BCUT2D eigenvalue weighted by molar-refractivity contribution is 0.560. The number of benzene rings is 1. The lowest BCUT2D eigenvalue weighted by Gasteiger charge is -2.15. The summed E-state index contributed by atoms with van der Waals surface area (Å²) in [6, 6.07) is 4.41. The molecule has 0 aliphatic heterocycles. The first-order valence-electron chi connectivity index (χ1n) is 5.26. The molecule has 2 N–H and O–H groups in total.